The summed E-state index contributed by atoms with van der Waals surface area (Å²) in [5, 5.41) is 9.26. The molecule has 2 rings (SSSR count). The van der Waals surface area contributed by atoms with Gasteiger partial charge in [-0.25, -0.2) is 4.39 Å². The number of likely N-dealkylation sites (tertiary alicyclic amines) is 1. The summed E-state index contributed by atoms with van der Waals surface area (Å²) in [4.78, 5) is 24.5. The lowest BCUT2D eigenvalue weighted by molar-refractivity contribution is -0.142. The van der Waals surface area contributed by atoms with Crippen molar-refractivity contribution in [2.45, 2.75) is 6.92 Å². The molecule has 1 aromatic rings. The van der Waals surface area contributed by atoms with Crippen LogP contribution in [0.15, 0.2) is 24.3 Å². The van der Waals surface area contributed by atoms with Crippen LogP contribution in [-0.2, 0) is 9.59 Å². The molecule has 0 radical (unpaired) electrons. The molecule has 1 aliphatic heterocycles. The monoisotopic (exact) mass is 311 g/mol. The summed E-state index contributed by atoms with van der Waals surface area (Å²) in [5.74, 6) is -2.41. The smallest absolute Gasteiger partial charge is 0.308 e. The lowest BCUT2D eigenvalue weighted by Crippen LogP contribution is -2.28. The number of rotatable bonds is 3. The van der Waals surface area contributed by atoms with Crippen molar-refractivity contribution in [3.8, 4) is 0 Å². The minimum absolute atomic E-state index is 0.100. The number of nitrogens with zero attached hydrogens (tertiary/aromatic N) is 1. The number of amides is 1. The number of aliphatic carboxylic acids is 1. The molecule has 1 aliphatic rings. The van der Waals surface area contributed by atoms with Gasteiger partial charge in [0.2, 0.25) is 5.91 Å². The van der Waals surface area contributed by atoms with E-state index >= 15 is 0 Å². The largest absolute Gasteiger partial charge is 0.481 e. The van der Waals surface area contributed by atoms with Gasteiger partial charge >= 0.3 is 5.97 Å². The van der Waals surface area contributed by atoms with Crippen molar-refractivity contribution < 1.29 is 19.1 Å². The second-order valence-electron chi connectivity index (χ2n) is 5.13. The van der Waals surface area contributed by atoms with Gasteiger partial charge in [-0.05, 0) is 24.1 Å². The van der Waals surface area contributed by atoms with Gasteiger partial charge in [-0.1, -0.05) is 24.6 Å². The summed E-state index contributed by atoms with van der Waals surface area (Å²) in [6.07, 6.45) is 2.54. The van der Waals surface area contributed by atoms with E-state index in [1.165, 1.54) is 35.3 Å². The van der Waals surface area contributed by atoms with Crippen LogP contribution >= 0.6 is 11.6 Å². The van der Waals surface area contributed by atoms with E-state index in [4.69, 9.17) is 16.7 Å². The van der Waals surface area contributed by atoms with Gasteiger partial charge < -0.3 is 10.0 Å². The first-order valence-corrected chi connectivity index (χ1v) is 6.91. The van der Waals surface area contributed by atoms with Gasteiger partial charge in [0.15, 0.2) is 0 Å². The normalized spacial score (nSPS) is 22.0. The molecule has 1 fully saturated rings. The number of hydrogen-bond acceptors (Lipinski definition) is 2. The zero-order valence-corrected chi connectivity index (χ0v) is 12.2. The summed E-state index contributed by atoms with van der Waals surface area (Å²) >= 11 is 5.87. The van der Waals surface area contributed by atoms with Crippen LogP contribution in [0.4, 0.5) is 4.39 Å². The lowest BCUT2D eigenvalue weighted by atomic mass is 9.99. The first kappa shape index (κ1) is 15.5. The summed E-state index contributed by atoms with van der Waals surface area (Å²) < 4.78 is 13.6. The Morgan fingerprint density at radius 3 is 2.71 bits per heavy atom. The van der Waals surface area contributed by atoms with Gasteiger partial charge in [-0.15, -0.1) is 0 Å². The van der Waals surface area contributed by atoms with Crippen LogP contribution in [0.3, 0.4) is 0 Å². The van der Waals surface area contributed by atoms with E-state index in [-0.39, 0.29) is 29.0 Å². The molecule has 1 saturated heterocycles. The number of hydrogen-bond donors (Lipinski definition) is 1. The van der Waals surface area contributed by atoms with E-state index in [0.29, 0.717) is 6.54 Å². The lowest BCUT2D eigenvalue weighted by Gasteiger charge is -2.13. The fraction of sp³-hybridized carbons (Fsp3) is 0.333. The standard InChI is InChI=1S/C15H15ClFNO3/c1-9-7-18(8-11(9)15(20)21)14(19)6-5-10-12(16)3-2-4-13(10)17/h2-6,9,11H,7-8H2,1H3,(H,20,21). The predicted molar refractivity (Wildman–Crippen MR) is 77.3 cm³/mol. The molecular formula is C15H15ClFNO3. The van der Waals surface area contributed by atoms with Crippen molar-refractivity contribution in [1.82, 2.24) is 4.90 Å². The molecule has 1 amide bonds. The summed E-state index contributed by atoms with van der Waals surface area (Å²) in [6, 6.07) is 4.28. The first-order valence-electron chi connectivity index (χ1n) is 6.54. The SMILES string of the molecule is CC1CN(C(=O)C=Cc2c(F)cccc2Cl)CC1C(=O)O. The molecule has 0 aromatic heterocycles. The number of benzene rings is 1. The van der Waals surface area contributed by atoms with Crippen LogP contribution < -0.4 is 0 Å². The van der Waals surface area contributed by atoms with E-state index in [1.807, 2.05) is 0 Å². The first-order chi connectivity index (χ1) is 9.90. The number of carbonyl (C=O) groups is 2. The third-order valence-electron chi connectivity index (χ3n) is 3.63. The Balaban J connectivity index is 2.09. The Bertz CT molecular complexity index is 582. The summed E-state index contributed by atoms with van der Waals surface area (Å²) in [5.41, 5.74) is 0.148. The van der Waals surface area contributed by atoms with E-state index < -0.39 is 17.7 Å². The van der Waals surface area contributed by atoms with Gasteiger partial charge in [0.25, 0.3) is 0 Å². The maximum Gasteiger partial charge on any atom is 0.308 e. The van der Waals surface area contributed by atoms with Crippen molar-refractivity contribution >= 4 is 29.6 Å². The minimum Gasteiger partial charge on any atom is -0.481 e. The second-order valence-corrected chi connectivity index (χ2v) is 5.54. The molecule has 1 N–H and O–H groups in total. The second kappa shape index (κ2) is 6.26. The van der Waals surface area contributed by atoms with E-state index in [9.17, 15) is 14.0 Å². The molecule has 6 heteroatoms. The number of carboxylic acids is 1. The summed E-state index contributed by atoms with van der Waals surface area (Å²) in [7, 11) is 0. The van der Waals surface area contributed by atoms with Crippen molar-refractivity contribution in [3.63, 3.8) is 0 Å². The Morgan fingerprint density at radius 2 is 2.14 bits per heavy atom. The average molecular weight is 312 g/mol. The molecule has 0 aliphatic carbocycles. The third-order valence-corrected chi connectivity index (χ3v) is 3.96. The molecule has 0 spiro atoms. The average Bonchev–Trinajstić information content (AvgIpc) is 2.80. The maximum atomic E-state index is 13.6. The van der Waals surface area contributed by atoms with E-state index in [2.05, 4.69) is 0 Å². The fourth-order valence-electron chi connectivity index (χ4n) is 2.40. The zero-order valence-electron chi connectivity index (χ0n) is 11.4. The fourth-order valence-corrected chi connectivity index (χ4v) is 2.62. The van der Waals surface area contributed by atoms with Crippen molar-refractivity contribution in [3.05, 3.63) is 40.7 Å². The molecule has 21 heavy (non-hydrogen) atoms. The van der Waals surface area contributed by atoms with E-state index in [1.54, 1.807) is 6.92 Å². The quantitative estimate of drug-likeness (QED) is 0.873. The van der Waals surface area contributed by atoms with Crippen LogP contribution in [0.1, 0.15) is 12.5 Å². The van der Waals surface area contributed by atoms with Gasteiger partial charge in [0.1, 0.15) is 5.82 Å². The van der Waals surface area contributed by atoms with Gasteiger partial charge in [0, 0.05) is 24.7 Å². The van der Waals surface area contributed by atoms with Crippen LogP contribution in [-0.4, -0.2) is 35.0 Å². The Morgan fingerprint density at radius 1 is 1.43 bits per heavy atom. The van der Waals surface area contributed by atoms with Crippen LogP contribution in [0.2, 0.25) is 5.02 Å². The molecule has 0 bridgehead atoms. The highest BCUT2D eigenvalue weighted by molar-refractivity contribution is 6.32. The highest BCUT2D eigenvalue weighted by atomic mass is 35.5. The van der Waals surface area contributed by atoms with Crippen molar-refractivity contribution in [1.29, 1.82) is 0 Å². The summed E-state index contributed by atoms with van der Waals surface area (Å²) in [6.45, 7) is 2.35. The molecule has 0 saturated carbocycles. The van der Waals surface area contributed by atoms with Crippen LogP contribution in [0.25, 0.3) is 6.08 Å². The topological polar surface area (TPSA) is 57.6 Å². The van der Waals surface area contributed by atoms with Gasteiger partial charge in [0.05, 0.1) is 10.9 Å². The molecular weight excluding hydrogens is 297 g/mol. The zero-order chi connectivity index (χ0) is 15.6. The minimum atomic E-state index is -0.904. The molecule has 112 valence electrons. The molecule has 2 unspecified atom stereocenters. The molecule has 4 nitrogen and oxygen atoms in total. The van der Waals surface area contributed by atoms with Gasteiger partial charge in [-0.2, -0.15) is 0 Å². The third kappa shape index (κ3) is 3.42. The number of carbonyl (C=O) groups excluding carboxylic acids is 1. The molecule has 1 heterocycles. The highest BCUT2D eigenvalue weighted by Crippen LogP contribution is 2.24. The predicted octanol–water partition coefficient (Wildman–Crippen LogP) is 2.67. The van der Waals surface area contributed by atoms with Crippen LogP contribution in [0, 0.1) is 17.7 Å². The van der Waals surface area contributed by atoms with Crippen LogP contribution in [0.5, 0.6) is 0 Å². The maximum absolute atomic E-state index is 13.6. The van der Waals surface area contributed by atoms with E-state index in [0.717, 1.165) is 0 Å². The number of carboxylic acid groups (broad SMARTS) is 1. The van der Waals surface area contributed by atoms with Crippen molar-refractivity contribution in [2.24, 2.45) is 11.8 Å². The molecule has 1 aromatic carbocycles. The Labute approximate surface area is 126 Å². The Hall–Kier alpha value is -1.88. The Kier molecular flexibility index (Phi) is 4.63. The van der Waals surface area contributed by atoms with Crippen molar-refractivity contribution in [2.75, 3.05) is 13.1 Å². The van der Waals surface area contributed by atoms with Gasteiger partial charge in [-0.3, -0.25) is 9.59 Å². The highest BCUT2D eigenvalue weighted by Gasteiger charge is 2.36. The molecule has 2 atom stereocenters. The number of halogens is 2.